The molecule has 5 rings (SSSR count). The Morgan fingerprint density at radius 2 is 1.74 bits per heavy atom. The van der Waals surface area contributed by atoms with Gasteiger partial charge in [-0.25, -0.2) is 4.68 Å². The number of hydrogen-bond donors (Lipinski definition) is 2. The number of halogens is 1. The zero-order chi connectivity index (χ0) is 33.5. The van der Waals surface area contributed by atoms with Crippen LogP contribution in [0.3, 0.4) is 0 Å². The largest absolute Gasteiger partial charge is 0.490 e. The van der Waals surface area contributed by atoms with Crippen molar-refractivity contribution in [1.29, 1.82) is 0 Å². The number of allylic oxidation sites excluding steroid dienone is 1. The first-order valence-electron chi connectivity index (χ1n) is 15.6. The molecule has 10 nitrogen and oxygen atoms in total. The molecule has 4 aromatic rings. The van der Waals surface area contributed by atoms with Crippen LogP contribution in [0.1, 0.15) is 50.4 Å². The lowest BCUT2D eigenvalue weighted by molar-refractivity contribution is -0.133. The highest BCUT2D eigenvalue weighted by Crippen LogP contribution is 2.40. The average Bonchev–Trinajstić information content (AvgIpc) is 3.47. The smallest absolute Gasteiger partial charge is 0.260 e. The van der Waals surface area contributed by atoms with E-state index in [1.807, 2.05) is 95.3 Å². The van der Waals surface area contributed by atoms with Crippen LogP contribution in [-0.2, 0) is 15.3 Å². The topological polar surface area (TPSA) is 111 Å². The number of carbonyl (C=O) groups excluding carboxylic acids is 2. The molecule has 1 unspecified atom stereocenters. The van der Waals surface area contributed by atoms with E-state index in [9.17, 15) is 9.59 Å². The van der Waals surface area contributed by atoms with Gasteiger partial charge in [0.1, 0.15) is 6.04 Å². The number of aryl methyl sites for hydroxylation is 1. The molecule has 0 radical (unpaired) electrons. The zero-order valence-corrected chi connectivity index (χ0v) is 28.7. The third kappa shape index (κ3) is 7.74. The average molecular weight is 675 g/mol. The van der Waals surface area contributed by atoms with Gasteiger partial charge in [0, 0.05) is 35.2 Å². The summed E-state index contributed by atoms with van der Waals surface area (Å²) in [7, 11) is 0. The van der Waals surface area contributed by atoms with Gasteiger partial charge in [0.25, 0.3) is 11.8 Å². The summed E-state index contributed by atoms with van der Waals surface area (Å²) in [5.74, 6) is 1.60. The predicted molar refractivity (Wildman–Crippen MR) is 186 cm³/mol. The van der Waals surface area contributed by atoms with Crippen LogP contribution < -0.4 is 20.1 Å². The first-order chi connectivity index (χ1) is 22.7. The van der Waals surface area contributed by atoms with Crippen molar-refractivity contribution >= 4 is 46.8 Å². The van der Waals surface area contributed by atoms with Gasteiger partial charge in [-0.2, -0.15) is 4.98 Å². The molecule has 12 heteroatoms. The van der Waals surface area contributed by atoms with E-state index in [4.69, 9.17) is 31.2 Å². The highest BCUT2D eigenvalue weighted by atomic mass is 35.5. The summed E-state index contributed by atoms with van der Waals surface area (Å²) in [4.78, 5) is 33.2. The lowest BCUT2D eigenvalue weighted by Gasteiger charge is -2.29. The van der Waals surface area contributed by atoms with Gasteiger partial charge in [0.2, 0.25) is 11.1 Å². The summed E-state index contributed by atoms with van der Waals surface area (Å²) >= 11 is 7.86. The van der Waals surface area contributed by atoms with Crippen molar-refractivity contribution in [2.75, 3.05) is 36.9 Å². The van der Waals surface area contributed by atoms with Crippen LogP contribution >= 0.6 is 23.4 Å². The molecule has 0 saturated carbocycles. The predicted octanol–water partition coefficient (Wildman–Crippen LogP) is 7.11. The first-order valence-corrected chi connectivity index (χ1v) is 16.9. The molecule has 0 bridgehead atoms. The lowest BCUT2D eigenvalue weighted by atomic mass is 9.94. The second-order valence-electron chi connectivity index (χ2n) is 10.9. The van der Waals surface area contributed by atoms with E-state index in [1.54, 1.807) is 15.6 Å². The standard InChI is InChI=1S/C35H39ClN6O4S/c1-6-41(7-2)30(43)20-46-28-18-17-24(19-29(28)45-8-3)32-31(33(44)38-27-16-12-9-13-22(27)4)23(5)37-34-39-35(40-42(32)34)47-21-25-14-10-11-15-26(25)36/h9-19,32H,6-8,20-21H2,1-5H3,(H,38,44)(H,37,39,40). The lowest BCUT2D eigenvalue weighted by Crippen LogP contribution is -2.34. The fourth-order valence-electron chi connectivity index (χ4n) is 5.34. The summed E-state index contributed by atoms with van der Waals surface area (Å²) in [6, 6.07) is 20.1. The molecule has 1 atom stereocenters. The Hall–Kier alpha value is -4.48. The summed E-state index contributed by atoms with van der Waals surface area (Å²) in [5, 5.41) is 12.5. The van der Waals surface area contributed by atoms with E-state index in [0.29, 0.717) is 70.0 Å². The summed E-state index contributed by atoms with van der Waals surface area (Å²) in [6.07, 6.45) is 0. The number of hydrogen-bond acceptors (Lipinski definition) is 8. The van der Waals surface area contributed by atoms with Crippen molar-refractivity contribution in [2.24, 2.45) is 0 Å². The maximum absolute atomic E-state index is 14.1. The quantitative estimate of drug-likeness (QED) is 0.145. The Labute approximate surface area is 284 Å². The molecule has 1 aliphatic rings. The van der Waals surface area contributed by atoms with E-state index in [0.717, 1.165) is 16.7 Å². The maximum atomic E-state index is 14.1. The first kappa shape index (κ1) is 33.9. The van der Waals surface area contributed by atoms with Crippen molar-refractivity contribution in [3.63, 3.8) is 0 Å². The molecular weight excluding hydrogens is 636 g/mol. The highest BCUT2D eigenvalue weighted by Gasteiger charge is 2.35. The molecule has 3 aromatic carbocycles. The highest BCUT2D eigenvalue weighted by molar-refractivity contribution is 7.98. The van der Waals surface area contributed by atoms with Gasteiger partial charge in [-0.15, -0.1) is 5.10 Å². The van der Waals surface area contributed by atoms with E-state index in [1.165, 1.54) is 11.8 Å². The third-order valence-corrected chi connectivity index (χ3v) is 9.09. The van der Waals surface area contributed by atoms with Crippen LogP contribution in [-0.4, -0.2) is 57.8 Å². The monoisotopic (exact) mass is 674 g/mol. The van der Waals surface area contributed by atoms with Crippen LogP contribution in [0.25, 0.3) is 0 Å². The molecule has 1 aliphatic heterocycles. The Bertz CT molecular complexity index is 1790. The van der Waals surface area contributed by atoms with E-state index in [-0.39, 0.29) is 18.4 Å². The van der Waals surface area contributed by atoms with Crippen LogP contribution in [0.2, 0.25) is 5.02 Å². The Morgan fingerprint density at radius 1 is 1.00 bits per heavy atom. The molecule has 47 heavy (non-hydrogen) atoms. The van der Waals surface area contributed by atoms with Crippen molar-refractivity contribution in [3.8, 4) is 11.5 Å². The van der Waals surface area contributed by atoms with Crippen LogP contribution in [0.15, 0.2) is 83.2 Å². The number of anilines is 2. The number of likely N-dealkylation sites (N-methyl/N-ethyl adjacent to an activating group) is 1. The Morgan fingerprint density at radius 3 is 2.47 bits per heavy atom. The fourth-order valence-corrected chi connectivity index (χ4v) is 6.46. The molecule has 1 aromatic heterocycles. The van der Waals surface area contributed by atoms with Crippen molar-refractivity contribution in [2.45, 2.75) is 51.6 Å². The summed E-state index contributed by atoms with van der Waals surface area (Å²) in [5.41, 5.74) is 4.49. The van der Waals surface area contributed by atoms with E-state index < -0.39 is 6.04 Å². The number of amides is 2. The third-order valence-electron chi connectivity index (χ3n) is 7.84. The molecule has 0 aliphatic carbocycles. The number of rotatable bonds is 13. The molecule has 0 fully saturated rings. The van der Waals surface area contributed by atoms with Crippen molar-refractivity contribution in [3.05, 3.63) is 99.7 Å². The number of nitrogens with zero attached hydrogens (tertiary/aromatic N) is 4. The molecule has 2 heterocycles. The van der Waals surface area contributed by atoms with Crippen molar-refractivity contribution < 1.29 is 19.1 Å². The molecule has 2 N–H and O–H groups in total. The molecule has 0 saturated heterocycles. The number of thioether (sulfide) groups is 1. The van der Waals surface area contributed by atoms with Gasteiger partial charge in [-0.05, 0) is 75.6 Å². The second-order valence-corrected chi connectivity index (χ2v) is 12.2. The molecule has 246 valence electrons. The summed E-state index contributed by atoms with van der Waals surface area (Å²) in [6.45, 7) is 11.0. The SMILES string of the molecule is CCOc1cc(C2C(C(=O)Nc3ccccc3C)=C(C)Nc3nc(SCc4ccccc4Cl)nn32)ccc1OCC(=O)N(CC)CC. The van der Waals surface area contributed by atoms with E-state index >= 15 is 0 Å². The Kier molecular flexibility index (Phi) is 11.1. The number of benzene rings is 3. The minimum atomic E-state index is -0.650. The zero-order valence-electron chi connectivity index (χ0n) is 27.2. The summed E-state index contributed by atoms with van der Waals surface area (Å²) < 4.78 is 13.7. The number of para-hydroxylation sites is 1. The minimum absolute atomic E-state index is 0.109. The number of nitrogens with one attached hydrogen (secondary N) is 2. The van der Waals surface area contributed by atoms with Crippen LogP contribution in [0.4, 0.5) is 11.6 Å². The van der Waals surface area contributed by atoms with Gasteiger partial charge in [0.05, 0.1) is 12.2 Å². The minimum Gasteiger partial charge on any atom is -0.490 e. The number of aromatic nitrogens is 3. The van der Waals surface area contributed by atoms with Gasteiger partial charge < -0.3 is 25.0 Å². The van der Waals surface area contributed by atoms with Gasteiger partial charge in [-0.3, -0.25) is 9.59 Å². The van der Waals surface area contributed by atoms with E-state index in [2.05, 4.69) is 10.6 Å². The van der Waals surface area contributed by atoms with Crippen LogP contribution in [0, 0.1) is 6.92 Å². The van der Waals surface area contributed by atoms with Crippen LogP contribution in [0.5, 0.6) is 11.5 Å². The second kappa shape index (κ2) is 15.4. The van der Waals surface area contributed by atoms with Gasteiger partial charge in [-0.1, -0.05) is 65.8 Å². The van der Waals surface area contributed by atoms with Crippen molar-refractivity contribution in [1.82, 2.24) is 19.7 Å². The number of fused-ring (bicyclic) bond motifs is 1. The van der Waals surface area contributed by atoms with Gasteiger partial charge in [0.15, 0.2) is 18.1 Å². The molecule has 0 spiro atoms. The number of carbonyl (C=O) groups is 2. The van der Waals surface area contributed by atoms with Gasteiger partial charge >= 0.3 is 0 Å². The molecular formula is C35H39ClN6O4S. The molecule has 2 amide bonds. The number of ether oxygens (including phenoxy) is 2. The Balaban J connectivity index is 1.52. The maximum Gasteiger partial charge on any atom is 0.260 e. The fraction of sp³-hybridized carbons (Fsp3) is 0.314. The normalized spacial score (nSPS) is 13.9.